The molecule has 1 aliphatic rings. The van der Waals surface area contributed by atoms with E-state index >= 15 is 0 Å². The Hall–Kier alpha value is -2.13. The zero-order valence-electron chi connectivity index (χ0n) is 10.5. The van der Waals surface area contributed by atoms with Gasteiger partial charge in [-0.15, -0.1) is 0 Å². The highest BCUT2D eigenvalue weighted by Crippen LogP contribution is 2.46. The molecule has 0 radical (unpaired) electrons. The van der Waals surface area contributed by atoms with Crippen molar-refractivity contribution < 1.29 is 14.4 Å². The van der Waals surface area contributed by atoms with E-state index in [9.17, 15) is 9.90 Å². The van der Waals surface area contributed by atoms with Crippen molar-refractivity contribution in [1.29, 1.82) is 0 Å². The van der Waals surface area contributed by atoms with Crippen molar-refractivity contribution in [2.24, 2.45) is 0 Å². The largest absolute Gasteiger partial charge is 0.498 e. The predicted octanol–water partition coefficient (Wildman–Crippen LogP) is 2.10. The van der Waals surface area contributed by atoms with Crippen molar-refractivity contribution in [3.05, 3.63) is 71.8 Å². The number of amides is 1. The number of carbonyl (C=O) groups excluding carboxylic acids is 1. The van der Waals surface area contributed by atoms with Crippen LogP contribution in [0.1, 0.15) is 17.2 Å². The summed E-state index contributed by atoms with van der Waals surface area (Å²) in [7, 11) is 0. The monoisotopic (exact) mass is 253 g/mol. The summed E-state index contributed by atoms with van der Waals surface area (Å²) in [6, 6.07) is 19.5. The van der Waals surface area contributed by atoms with E-state index in [1.54, 1.807) is 0 Å². The van der Waals surface area contributed by atoms with Gasteiger partial charge in [0.2, 0.25) is 0 Å². The highest BCUT2D eigenvalue weighted by atomic mass is 16.4. The van der Waals surface area contributed by atoms with Gasteiger partial charge >= 0.3 is 0 Å². The van der Waals surface area contributed by atoms with E-state index in [1.807, 2.05) is 60.7 Å². The molecule has 19 heavy (non-hydrogen) atoms. The van der Waals surface area contributed by atoms with Crippen LogP contribution < -0.4 is 5.11 Å². The molecule has 0 bridgehead atoms. The molecular formula is C16H15NO2. The number of hydrogen-bond donors (Lipinski definition) is 0. The molecular weight excluding hydrogens is 238 g/mol. The number of carbonyl (C=O) groups is 1. The maximum atomic E-state index is 11.5. The van der Waals surface area contributed by atoms with Gasteiger partial charge < -0.3 is 9.90 Å². The average molecular weight is 253 g/mol. The van der Waals surface area contributed by atoms with Crippen molar-refractivity contribution in [3.63, 3.8) is 0 Å². The van der Waals surface area contributed by atoms with Gasteiger partial charge in [0, 0.05) is 11.1 Å². The molecule has 0 N–H and O–H groups in total. The fourth-order valence-corrected chi connectivity index (χ4v) is 2.68. The standard InChI is InChI=1S/C16H15NO2/c18-16(19)17(11-13-7-3-1-4-8-13)12-15(17)14-9-5-2-6-10-14/h1-10,15H,11-12H2. The molecule has 1 fully saturated rings. The van der Waals surface area contributed by atoms with E-state index in [0.717, 1.165) is 11.1 Å². The van der Waals surface area contributed by atoms with E-state index in [2.05, 4.69) is 0 Å². The molecule has 2 atom stereocenters. The van der Waals surface area contributed by atoms with Gasteiger partial charge in [-0.1, -0.05) is 60.7 Å². The summed E-state index contributed by atoms with van der Waals surface area (Å²) in [6.07, 6.45) is -0.988. The second-order valence-corrected chi connectivity index (χ2v) is 5.05. The quantitative estimate of drug-likeness (QED) is 0.621. The molecule has 0 aliphatic carbocycles. The SMILES string of the molecule is O=C([O-])[N+]1(Cc2ccccc2)CC1c1ccccc1. The molecule has 1 amide bonds. The van der Waals surface area contributed by atoms with Crippen LogP contribution in [0.5, 0.6) is 0 Å². The third kappa shape index (κ3) is 2.13. The minimum Gasteiger partial charge on any atom is -0.498 e. The highest BCUT2D eigenvalue weighted by molar-refractivity contribution is 5.57. The van der Waals surface area contributed by atoms with Crippen LogP contribution in [0.4, 0.5) is 4.79 Å². The predicted molar refractivity (Wildman–Crippen MR) is 69.9 cm³/mol. The van der Waals surface area contributed by atoms with Crippen molar-refractivity contribution in [2.45, 2.75) is 12.6 Å². The summed E-state index contributed by atoms with van der Waals surface area (Å²) in [5, 5.41) is 11.5. The third-order valence-electron chi connectivity index (χ3n) is 3.82. The Labute approximate surface area is 112 Å². The number of quaternary nitrogens is 1. The van der Waals surface area contributed by atoms with Crippen LogP contribution >= 0.6 is 0 Å². The molecule has 3 nitrogen and oxygen atoms in total. The lowest BCUT2D eigenvalue weighted by atomic mass is 10.1. The van der Waals surface area contributed by atoms with Gasteiger partial charge in [-0.2, -0.15) is 0 Å². The second-order valence-electron chi connectivity index (χ2n) is 5.05. The molecule has 1 saturated heterocycles. The molecule has 2 aromatic carbocycles. The van der Waals surface area contributed by atoms with Gasteiger partial charge in [-0.05, 0) is 0 Å². The number of benzene rings is 2. The average Bonchev–Trinajstić information content (AvgIpc) is 3.17. The summed E-state index contributed by atoms with van der Waals surface area (Å²) in [5.41, 5.74) is 2.10. The first-order valence-corrected chi connectivity index (χ1v) is 6.39. The first-order valence-electron chi connectivity index (χ1n) is 6.39. The Morgan fingerprint density at radius 2 is 1.63 bits per heavy atom. The summed E-state index contributed by atoms with van der Waals surface area (Å²) in [6.45, 7) is 1.10. The van der Waals surface area contributed by atoms with Gasteiger partial charge in [0.1, 0.15) is 13.1 Å². The van der Waals surface area contributed by atoms with Crippen LogP contribution in [0.2, 0.25) is 0 Å². The van der Waals surface area contributed by atoms with Gasteiger partial charge in [0.25, 0.3) is 6.09 Å². The lowest BCUT2D eigenvalue weighted by Crippen LogP contribution is -2.43. The van der Waals surface area contributed by atoms with Crippen LogP contribution in [0, 0.1) is 0 Å². The van der Waals surface area contributed by atoms with E-state index < -0.39 is 6.09 Å². The number of nitrogens with zero attached hydrogens (tertiary/aromatic N) is 1. The fraction of sp³-hybridized carbons (Fsp3) is 0.188. The van der Waals surface area contributed by atoms with Crippen molar-refractivity contribution >= 4 is 6.09 Å². The third-order valence-corrected chi connectivity index (χ3v) is 3.82. The Morgan fingerprint density at radius 3 is 2.21 bits per heavy atom. The van der Waals surface area contributed by atoms with Crippen LogP contribution in [-0.2, 0) is 6.54 Å². The van der Waals surface area contributed by atoms with E-state index in [0.29, 0.717) is 13.1 Å². The summed E-state index contributed by atoms with van der Waals surface area (Å²) >= 11 is 0. The van der Waals surface area contributed by atoms with Crippen molar-refractivity contribution in [2.75, 3.05) is 6.54 Å². The topological polar surface area (TPSA) is 40.1 Å². The van der Waals surface area contributed by atoms with Gasteiger partial charge in [0.15, 0.2) is 6.04 Å². The molecule has 0 spiro atoms. The second kappa shape index (κ2) is 4.52. The molecule has 2 unspecified atom stereocenters. The van der Waals surface area contributed by atoms with Crippen molar-refractivity contribution in [3.8, 4) is 0 Å². The van der Waals surface area contributed by atoms with Gasteiger partial charge in [-0.3, -0.25) is 4.48 Å². The van der Waals surface area contributed by atoms with Gasteiger partial charge in [-0.25, -0.2) is 0 Å². The number of carboxylic acid groups (broad SMARTS) is 1. The zero-order chi connectivity index (χ0) is 13.3. The van der Waals surface area contributed by atoms with Crippen LogP contribution in [0.15, 0.2) is 60.7 Å². The van der Waals surface area contributed by atoms with Crippen LogP contribution in [0.3, 0.4) is 0 Å². The zero-order valence-corrected chi connectivity index (χ0v) is 10.5. The van der Waals surface area contributed by atoms with E-state index in [-0.39, 0.29) is 10.5 Å². The first-order chi connectivity index (χ1) is 9.22. The first kappa shape index (κ1) is 11.9. The lowest BCUT2D eigenvalue weighted by Gasteiger charge is -2.20. The minimum absolute atomic E-state index is 0.00796. The van der Waals surface area contributed by atoms with E-state index in [4.69, 9.17) is 0 Å². The minimum atomic E-state index is -0.988. The molecule has 1 aliphatic heterocycles. The molecule has 96 valence electrons. The molecule has 3 rings (SSSR count). The lowest BCUT2D eigenvalue weighted by molar-refractivity contribution is -0.780. The van der Waals surface area contributed by atoms with Gasteiger partial charge in [0.05, 0.1) is 0 Å². The molecule has 2 aromatic rings. The maximum Gasteiger partial charge on any atom is 0.258 e. The Balaban J connectivity index is 1.86. The Morgan fingerprint density at radius 1 is 1.05 bits per heavy atom. The maximum absolute atomic E-state index is 11.5. The molecule has 3 heteroatoms. The normalized spacial score (nSPS) is 24.9. The number of rotatable bonds is 3. The Kier molecular flexibility index (Phi) is 2.84. The van der Waals surface area contributed by atoms with Crippen LogP contribution in [0.25, 0.3) is 0 Å². The van der Waals surface area contributed by atoms with Crippen LogP contribution in [-0.4, -0.2) is 17.1 Å². The summed E-state index contributed by atoms with van der Waals surface area (Å²) in [5.74, 6) is 0. The van der Waals surface area contributed by atoms with Crippen molar-refractivity contribution in [1.82, 2.24) is 0 Å². The van der Waals surface area contributed by atoms with E-state index in [1.165, 1.54) is 0 Å². The summed E-state index contributed by atoms with van der Waals surface area (Å²) < 4.78 is 0.00796. The Bertz CT molecular complexity index is 582. The fourth-order valence-electron chi connectivity index (χ4n) is 2.68. The molecule has 1 heterocycles. The molecule has 0 saturated carbocycles. The summed E-state index contributed by atoms with van der Waals surface area (Å²) in [4.78, 5) is 11.5. The highest BCUT2D eigenvalue weighted by Gasteiger charge is 2.57. The smallest absolute Gasteiger partial charge is 0.258 e. The number of hydrogen-bond acceptors (Lipinski definition) is 2. The molecule has 0 aromatic heterocycles.